The van der Waals surface area contributed by atoms with Gasteiger partial charge in [0.25, 0.3) is 0 Å². The van der Waals surface area contributed by atoms with E-state index < -0.39 is 5.97 Å². The highest BCUT2D eigenvalue weighted by Gasteiger charge is 2.47. The predicted molar refractivity (Wildman–Crippen MR) is 88.9 cm³/mol. The van der Waals surface area contributed by atoms with Crippen molar-refractivity contribution in [1.29, 1.82) is 0 Å². The summed E-state index contributed by atoms with van der Waals surface area (Å²) < 4.78 is 5.17. The van der Waals surface area contributed by atoms with Gasteiger partial charge in [-0.15, -0.1) is 0 Å². The molecule has 1 aromatic rings. The first-order valence-electron chi connectivity index (χ1n) is 7.98. The van der Waals surface area contributed by atoms with Gasteiger partial charge in [0.15, 0.2) is 0 Å². The quantitative estimate of drug-likeness (QED) is 0.463. The molecule has 1 saturated carbocycles. The standard InChI is InChI=1S/C17H17Cl2NO4/c18-10-5-6-14(13(19)9-10)24-15(21)7-8-20-16(22)11-3-1-2-4-12(11)17(20)23/h5-6,9,11-12H,1-4,7-8H2/t11-,12-/m0/s1. The largest absolute Gasteiger partial charge is 0.425 e. The van der Waals surface area contributed by atoms with Crippen molar-refractivity contribution in [2.75, 3.05) is 6.54 Å². The first-order chi connectivity index (χ1) is 11.5. The fourth-order valence-corrected chi connectivity index (χ4v) is 3.83. The number of carbonyl (C=O) groups excluding carboxylic acids is 3. The van der Waals surface area contributed by atoms with E-state index in [1.54, 1.807) is 6.07 Å². The van der Waals surface area contributed by atoms with Gasteiger partial charge in [0.1, 0.15) is 5.75 Å². The molecule has 0 N–H and O–H groups in total. The number of likely N-dealkylation sites (tertiary alicyclic amines) is 1. The molecule has 2 aliphatic rings. The smallest absolute Gasteiger partial charge is 0.313 e. The van der Waals surface area contributed by atoms with E-state index in [2.05, 4.69) is 0 Å². The Morgan fingerprint density at radius 1 is 1.12 bits per heavy atom. The Kier molecular flexibility index (Phi) is 5.11. The van der Waals surface area contributed by atoms with Crippen LogP contribution in [-0.2, 0) is 14.4 Å². The summed E-state index contributed by atoms with van der Waals surface area (Å²) in [6, 6.07) is 4.54. The lowest BCUT2D eigenvalue weighted by Gasteiger charge is -2.19. The minimum absolute atomic E-state index is 0.0503. The maximum atomic E-state index is 12.3. The Balaban J connectivity index is 1.58. The van der Waals surface area contributed by atoms with E-state index in [-0.39, 0.29) is 47.4 Å². The molecule has 1 aromatic carbocycles. The van der Waals surface area contributed by atoms with Crippen molar-refractivity contribution in [2.45, 2.75) is 32.1 Å². The maximum Gasteiger partial charge on any atom is 0.313 e. The van der Waals surface area contributed by atoms with Crippen molar-refractivity contribution in [3.05, 3.63) is 28.2 Å². The maximum absolute atomic E-state index is 12.3. The lowest BCUT2D eigenvalue weighted by Crippen LogP contribution is -2.33. The number of nitrogens with zero attached hydrogens (tertiary/aromatic N) is 1. The van der Waals surface area contributed by atoms with E-state index in [9.17, 15) is 14.4 Å². The number of imide groups is 1. The van der Waals surface area contributed by atoms with E-state index >= 15 is 0 Å². The summed E-state index contributed by atoms with van der Waals surface area (Å²) in [6.07, 6.45) is 3.42. The summed E-state index contributed by atoms with van der Waals surface area (Å²) in [5, 5.41) is 0.672. The Morgan fingerprint density at radius 3 is 2.33 bits per heavy atom. The fourth-order valence-electron chi connectivity index (χ4n) is 3.39. The predicted octanol–water partition coefficient (Wildman–Crippen LogP) is 3.46. The zero-order valence-electron chi connectivity index (χ0n) is 13.0. The Hall–Kier alpha value is -1.59. The molecular weight excluding hydrogens is 353 g/mol. The molecule has 128 valence electrons. The SMILES string of the molecule is O=C(CCN1C(=O)[C@H]2CCCC[C@@H]2C1=O)Oc1ccc(Cl)cc1Cl. The molecule has 0 unspecified atom stereocenters. The molecule has 7 heteroatoms. The molecule has 2 atom stereocenters. The van der Waals surface area contributed by atoms with Crippen molar-refractivity contribution in [1.82, 2.24) is 4.90 Å². The average molecular weight is 370 g/mol. The van der Waals surface area contributed by atoms with Crippen LogP contribution in [0.4, 0.5) is 0 Å². The summed E-state index contributed by atoms with van der Waals surface area (Å²) in [7, 11) is 0. The molecule has 2 fully saturated rings. The monoisotopic (exact) mass is 369 g/mol. The number of esters is 1. The van der Waals surface area contributed by atoms with Crippen LogP contribution in [0.2, 0.25) is 10.0 Å². The molecule has 1 aliphatic carbocycles. The van der Waals surface area contributed by atoms with Crippen LogP contribution >= 0.6 is 23.2 Å². The summed E-state index contributed by atoms with van der Waals surface area (Å²) >= 11 is 11.7. The zero-order valence-corrected chi connectivity index (χ0v) is 14.5. The number of hydrogen-bond acceptors (Lipinski definition) is 4. The Labute approximate surface area is 149 Å². The first kappa shape index (κ1) is 17.2. The van der Waals surface area contributed by atoms with Crippen molar-refractivity contribution in [3.8, 4) is 5.75 Å². The van der Waals surface area contributed by atoms with Gasteiger partial charge in [-0.25, -0.2) is 0 Å². The number of amides is 2. The first-order valence-corrected chi connectivity index (χ1v) is 8.74. The van der Waals surface area contributed by atoms with Gasteiger partial charge < -0.3 is 4.74 Å². The summed E-state index contributed by atoms with van der Waals surface area (Å²) in [5.74, 6) is -1.04. The highest BCUT2D eigenvalue weighted by atomic mass is 35.5. The van der Waals surface area contributed by atoms with Crippen LogP contribution < -0.4 is 4.74 Å². The molecule has 2 amide bonds. The van der Waals surface area contributed by atoms with E-state index in [0.29, 0.717) is 5.02 Å². The zero-order chi connectivity index (χ0) is 17.3. The summed E-state index contributed by atoms with van der Waals surface area (Å²) in [5.41, 5.74) is 0. The van der Waals surface area contributed by atoms with Crippen molar-refractivity contribution >= 4 is 41.0 Å². The topological polar surface area (TPSA) is 63.7 Å². The highest BCUT2D eigenvalue weighted by Crippen LogP contribution is 2.38. The Bertz CT molecular complexity index is 667. The number of ether oxygens (including phenoxy) is 1. The average Bonchev–Trinajstić information content (AvgIpc) is 2.80. The van der Waals surface area contributed by atoms with E-state index in [0.717, 1.165) is 25.7 Å². The molecule has 1 aliphatic heterocycles. The molecule has 0 bridgehead atoms. The molecule has 1 heterocycles. The molecule has 3 rings (SSSR count). The van der Waals surface area contributed by atoms with Gasteiger partial charge in [-0.1, -0.05) is 36.0 Å². The van der Waals surface area contributed by atoms with Gasteiger partial charge in [0.05, 0.1) is 23.3 Å². The second-order valence-corrected chi connectivity index (χ2v) is 6.97. The molecule has 0 spiro atoms. The van der Waals surface area contributed by atoms with Crippen LogP contribution in [0.25, 0.3) is 0 Å². The van der Waals surface area contributed by atoms with Crippen LogP contribution in [0, 0.1) is 11.8 Å². The minimum Gasteiger partial charge on any atom is -0.425 e. The highest BCUT2D eigenvalue weighted by molar-refractivity contribution is 6.35. The second kappa shape index (κ2) is 7.11. The molecule has 5 nitrogen and oxygen atoms in total. The van der Waals surface area contributed by atoms with E-state index in [1.165, 1.54) is 17.0 Å². The second-order valence-electron chi connectivity index (χ2n) is 6.12. The van der Waals surface area contributed by atoms with Gasteiger partial charge in [-0.2, -0.15) is 0 Å². The number of fused-ring (bicyclic) bond motifs is 1. The minimum atomic E-state index is -0.547. The molecule has 1 saturated heterocycles. The number of rotatable bonds is 4. The van der Waals surface area contributed by atoms with Crippen LogP contribution in [0.5, 0.6) is 5.75 Å². The van der Waals surface area contributed by atoms with Crippen molar-refractivity contribution in [2.24, 2.45) is 11.8 Å². The molecular formula is C17H17Cl2NO4. The summed E-state index contributed by atoms with van der Waals surface area (Å²) in [4.78, 5) is 37.8. The van der Waals surface area contributed by atoms with Crippen LogP contribution in [0.1, 0.15) is 32.1 Å². The number of hydrogen-bond donors (Lipinski definition) is 0. The number of carbonyl (C=O) groups is 3. The number of halogens is 2. The van der Waals surface area contributed by atoms with Crippen LogP contribution in [0.15, 0.2) is 18.2 Å². The summed E-state index contributed by atoms with van der Waals surface area (Å²) in [6.45, 7) is 0.0503. The third kappa shape index (κ3) is 3.42. The lowest BCUT2D eigenvalue weighted by molar-refractivity contribution is -0.141. The Morgan fingerprint density at radius 2 is 1.75 bits per heavy atom. The van der Waals surface area contributed by atoms with Crippen LogP contribution in [0.3, 0.4) is 0 Å². The third-order valence-corrected chi connectivity index (χ3v) is 5.12. The van der Waals surface area contributed by atoms with Gasteiger partial charge in [0, 0.05) is 11.6 Å². The van der Waals surface area contributed by atoms with E-state index in [1.807, 2.05) is 0 Å². The van der Waals surface area contributed by atoms with Gasteiger partial charge in [-0.3, -0.25) is 19.3 Å². The number of benzene rings is 1. The normalized spacial score (nSPS) is 23.3. The van der Waals surface area contributed by atoms with Crippen molar-refractivity contribution in [3.63, 3.8) is 0 Å². The third-order valence-electron chi connectivity index (χ3n) is 4.59. The molecule has 0 radical (unpaired) electrons. The fraction of sp³-hybridized carbons (Fsp3) is 0.471. The van der Waals surface area contributed by atoms with E-state index in [4.69, 9.17) is 27.9 Å². The van der Waals surface area contributed by atoms with Crippen molar-refractivity contribution < 1.29 is 19.1 Å². The lowest BCUT2D eigenvalue weighted by atomic mass is 9.81. The molecule has 24 heavy (non-hydrogen) atoms. The molecule has 0 aromatic heterocycles. The van der Waals surface area contributed by atoms with Gasteiger partial charge in [-0.05, 0) is 31.0 Å². The van der Waals surface area contributed by atoms with Crippen LogP contribution in [-0.4, -0.2) is 29.2 Å². The van der Waals surface area contributed by atoms with Gasteiger partial charge >= 0.3 is 5.97 Å². The van der Waals surface area contributed by atoms with Gasteiger partial charge in [0.2, 0.25) is 11.8 Å².